The molecule has 0 radical (unpaired) electrons. The van der Waals surface area contributed by atoms with Crippen molar-refractivity contribution in [3.8, 4) is 57.3 Å². The monoisotopic (exact) mass is 758 g/mol. The number of Topliss-reactive ketones (excluding diaryl/α,β-unsaturated/α-hetero) is 1. The maximum Gasteiger partial charge on any atom is 0.200 e. The van der Waals surface area contributed by atoms with E-state index in [4.69, 9.17) is 9.15 Å². The maximum atomic E-state index is 15.2. The Labute approximate surface area is 322 Å². The van der Waals surface area contributed by atoms with Crippen molar-refractivity contribution in [2.45, 2.75) is 64.9 Å². The molecule has 1 aliphatic heterocycles. The van der Waals surface area contributed by atoms with Crippen LogP contribution in [0, 0.1) is 5.92 Å². The Balaban J connectivity index is 1.53. The molecule has 0 amide bonds. The summed E-state index contributed by atoms with van der Waals surface area (Å²) in [5.74, 6) is -6.01. The van der Waals surface area contributed by atoms with Gasteiger partial charge in [0.15, 0.2) is 5.78 Å². The predicted molar refractivity (Wildman–Crippen MR) is 211 cm³/mol. The highest BCUT2D eigenvalue weighted by molar-refractivity contribution is 6.03. The fourth-order valence-corrected chi connectivity index (χ4v) is 7.88. The van der Waals surface area contributed by atoms with Gasteiger partial charge in [-0.3, -0.25) is 9.59 Å². The Morgan fingerprint density at radius 1 is 0.857 bits per heavy atom. The number of benzene rings is 4. The molecule has 288 valence electrons. The summed E-state index contributed by atoms with van der Waals surface area (Å²) in [6.45, 7) is 9.19. The normalized spacial score (nSPS) is 18.5. The first-order chi connectivity index (χ1) is 26.4. The predicted octanol–water partition coefficient (Wildman–Crippen LogP) is 8.81. The van der Waals surface area contributed by atoms with Gasteiger partial charge in [0, 0.05) is 52.6 Å². The van der Waals surface area contributed by atoms with Gasteiger partial charge < -0.3 is 44.9 Å². The van der Waals surface area contributed by atoms with E-state index in [1.807, 2.05) is 40.7 Å². The molecule has 7 N–H and O–H groups in total. The van der Waals surface area contributed by atoms with E-state index in [1.54, 1.807) is 18.2 Å². The Morgan fingerprint density at radius 2 is 1.55 bits per heavy atom. The third-order valence-electron chi connectivity index (χ3n) is 10.5. The average molecular weight is 759 g/mol. The summed E-state index contributed by atoms with van der Waals surface area (Å²) in [5, 5.41) is 76.6. The van der Waals surface area contributed by atoms with Crippen LogP contribution in [0.1, 0.15) is 85.5 Å². The number of rotatable bonds is 7. The average Bonchev–Trinajstić information content (AvgIpc) is 3.10. The Bertz CT molecular complexity index is 2600. The number of aromatic hydroxyl groups is 7. The van der Waals surface area contributed by atoms with Crippen molar-refractivity contribution in [1.82, 2.24) is 0 Å². The minimum atomic E-state index is -1.20. The molecule has 2 heterocycles. The topological polar surface area (TPSA) is 198 Å². The van der Waals surface area contributed by atoms with Gasteiger partial charge >= 0.3 is 0 Å². The van der Waals surface area contributed by atoms with Crippen molar-refractivity contribution in [3.05, 3.63) is 122 Å². The van der Waals surface area contributed by atoms with Crippen LogP contribution in [0.5, 0.6) is 46.0 Å². The first kappa shape index (κ1) is 37.7. The summed E-state index contributed by atoms with van der Waals surface area (Å²) in [6.07, 6.45) is 7.42. The van der Waals surface area contributed by atoms with Crippen LogP contribution in [0.25, 0.3) is 28.4 Å². The molecular weight excluding hydrogens is 716 g/mol. The van der Waals surface area contributed by atoms with Crippen molar-refractivity contribution >= 4 is 22.8 Å². The lowest BCUT2D eigenvalue weighted by atomic mass is 9.65. The maximum absolute atomic E-state index is 15.2. The van der Waals surface area contributed by atoms with E-state index in [9.17, 15) is 40.5 Å². The second-order valence-corrected chi connectivity index (χ2v) is 15.4. The van der Waals surface area contributed by atoms with Crippen LogP contribution >= 0.6 is 0 Å². The van der Waals surface area contributed by atoms with Crippen molar-refractivity contribution in [2.24, 2.45) is 5.92 Å². The van der Waals surface area contributed by atoms with Crippen LogP contribution in [0.3, 0.4) is 0 Å². The molecule has 0 saturated carbocycles. The summed E-state index contributed by atoms with van der Waals surface area (Å²) in [6, 6.07) is 11.7. The van der Waals surface area contributed by atoms with Crippen LogP contribution in [0.4, 0.5) is 0 Å². The molecule has 56 heavy (non-hydrogen) atoms. The number of hydrogen-bond acceptors (Lipinski definition) is 11. The van der Waals surface area contributed by atoms with Gasteiger partial charge in [-0.15, -0.1) is 0 Å². The molecular formula is C45H42O11. The number of phenols is 7. The van der Waals surface area contributed by atoms with Crippen LogP contribution in [0.15, 0.2) is 93.2 Å². The molecule has 11 heteroatoms. The van der Waals surface area contributed by atoms with Crippen LogP contribution in [-0.4, -0.2) is 47.1 Å². The second kappa shape index (κ2) is 13.9. The number of phenolic OH excluding ortho intramolecular Hbond substituents is 7. The molecule has 2 aliphatic rings. The molecule has 0 saturated heterocycles. The molecule has 3 unspecified atom stereocenters. The molecule has 5 aromatic rings. The van der Waals surface area contributed by atoms with Gasteiger partial charge in [-0.05, 0) is 89.4 Å². The fourth-order valence-electron chi connectivity index (χ4n) is 7.88. The van der Waals surface area contributed by atoms with E-state index in [1.165, 1.54) is 36.4 Å². The van der Waals surface area contributed by atoms with Crippen molar-refractivity contribution in [3.63, 3.8) is 0 Å². The summed E-state index contributed by atoms with van der Waals surface area (Å²) in [5.41, 5.74) is 0.853. The van der Waals surface area contributed by atoms with E-state index in [-0.39, 0.29) is 74.8 Å². The number of allylic oxidation sites excluding steroid dienone is 4. The van der Waals surface area contributed by atoms with Crippen molar-refractivity contribution < 1.29 is 49.7 Å². The van der Waals surface area contributed by atoms with Crippen LogP contribution in [-0.2, 0) is 6.42 Å². The fraction of sp³-hybridized carbons (Fsp3) is 0.244. The van der Waals surface area contributed by atoms with Gasteiger partial charge in [-0.1, -0.05) is 35.4 Å². The smallest absolute Gasteiger partial charge is 0.200 e. The van der Waals surface area contributed by atoms with Gasteiger partial charge in [-0.25, -0.2) is 0 Å². The molecule has 4 aromatic carbocycles. The highest BCUT2D eigenvalue weighted by atomic mass is 16.5. The zero-order chi connectivity index (χ0) is 40.4. The number of fused-ring (bicyclic) bond motifs is 2. The lowest BCUT2D eigenvalue weighted by molar-refractivity contribution is 0.0875. The first-order valence-electron chi connectivity index (χ1n) is 18.1. The van der Waals surface area contributed by atoms with Crippen LogP contribution < -0.4 is 10.2 Å². The van der Waals surface area contributed by atoms with E-state index < -0.39 is 51.8 Å². The van der Waals surface area contributed by atoms with E-state index in [0.717, 1.165) is 29.3 Å². The van der Waals surface area contributed by atoms with Gasteiger partial charge in [0.05, 0.1) is 11.1 Å². The Hall–Kier alpha value is -6.62. The van der Waals surface area contributed by atoms with E-state index in [2.05, 4.69) is 0 Å². The third-order valence-corrected chi connectivity index (χ3v) is 10.5. The SMILES string of the molecule is CC(C)=CCc1c(-c2ccc(O)cc2O)oc2c(C3C=C(C)CC(c4ccc(O)cc4O)C3C(=O)c3cc4c(cc3O)C=CC(C)(C)O4)c(O)cc(O)c2c1=O. The second-order valence-electron chi connectivity index (χ2n) is 15.4. The molecule has 0 spiro atoms. The standard InChI is InChI=1S/C45H42O11/c1-21(2)6-9-28-41(53)40-36(52)20-35(51)39(44(40)55-43(28)27-11-8-25(47)18-34(27)50)31-15-22(3)14-29(26-10-7-24(46)17-33(26)49)38(31)42(54)30-19-37-23(16-32(30)48)12-13-45(4,5)56-37/h6-8,10-13,15-20,29,31,38,46-52H,9,14H2,1-5H3. The summed E-state index contributed by atoms with van der Waals surface area (Å²) < 4.78 is 12.7. The first-order valence-corrected chi connectivity index (χ1v) is 18.1. The lowest BCUT2D eigenvalue weighted by Crippen LogP contribution is -2.32. The Kier molecular flexibility index (Phi) is 9.36. The summed E-state index contributed by atoms with van der Waals surface area (Å²) in [7, 11) is 0. The van der Waals surface area contributed by atoms with Gasteiger partial charge in [-0.2, -0.15) is 0 Å². The van der Waals surface area contributed by atoms with Gasteiger partial charge in [0.25, 0.3) is 0 Å². The Morgan fingerprint density at radius 3 is 2.23 bits per heavy atom. The molecule has 1 aliphatic carbocycles. The highest BCUT2D eigenvalue weighted by Crippen LogP contribution is 2.54. The minimum absolute atomic E-state index is 0.0402. The van der Waals surface area contributed by atoms with E-state index >= 15 is 4.79 Å². The molecule has 3 atom stereocenters. The number of ether oxygens (including phenoxy) is 1. The van der Waals surface area contributed by atoms with Crippen LogP contribution in [0.2, 0.25) is 0 Å². The number of hydrogen-bond donors (Lipinski definition) is 7. The summed E-state index contributed by atoms with van der Waals surface area (Å²) >= 11 is 0. The van der Waals surface area contributed by atoms with Gasteiger partial charge in [0.2, 0.25) is 5.43 Å². The molecule has 0 fully saturated rings. The van der Waals surface area contributed by atoms with Gasteiger partial charge in [0.1, 0.15) is 68.3 Å². The zero-order valence-corrected chi connectivity index (χ0v) is 31.4. The molecule has 7 rings (SSSR count). The number of carbonyl (C=O) groups excluding carboxylic acids is 1. The molecule has 1 aromatic heterocycles. The number of ketones is 1. The molecule has 0 bridgehead atoms. The summed E-state index contributed by atoms with van der Waals surface area (Å²) in [4.78, 5) is 29.7. The molecule has 11 nitrogen and oxygen atoms in total. The zero-order valence-electron chi connectivity index (χ0n) is 31.4. The van der Waals surface area contributed by atoms with Crippen molar-refractivity contribution in [2.75, 3.05) is 0 Å². The van der Waals surface area contributed by atoms with E-state index in [0.29, 0.717) is 16.9 Å². The lowest BCUT2D eigenvalue weighted by Gasteiger charge is -2.37. The third kappa shape index (κ3) is 6.70. The quantitative estimate of drug-likeness (QED) is 0.0618. The number of carbonyl (C=O) groups is 1. The minimum Gasteiger partial charge on any atom is -0.508 e. The largest absolute Gasteiger partial charge is 0.508 e. The highest BCUT2D eigenvalue weighted by Gasteiger charge is 2.44. The van der Waals surface area contributed by atoms with Crippen molar-refractivity contribution in [1.29, 1.82) is 0 Å².